The Labute approximate surface area is 182 Å². The second-order valence-corrected chi connectivity index (χ2v) is 10.7. The van der Waals surface area contributed by atoms with Crippen LogP contribution in [0.4, 0.5) is 0 Å². The summed E-state index contributed by atoms with van der Waals surface area (Å²) in [6, 6.07) is 33.9. The molecule has 0 aromatic heterocycles. The average Bonchev–Trinajstić information content (AvgIpc) is 2.92. The molecule has 1 heterocycles. The minimum atomic E-state index is -1.79. The van der Waals surface area contributed by atoms with Crippen molar-refractivity contribution in [2.24, 2.45) is 0 Å². The summed E-state index contributed by atoms with van der Waals surface area (Å²) in [5.74, 6) is 0. The molecule has 0 aliphatic carbocycles. The van der Waals surface area contributed by atoms with Gasteiger partial charge in [-0.1, -0.05) is 83.9 Å². The van der Waals surface area contributed by atoms with Crippen molar-refractivity contribution in [1.29, 1.82) is 0 Å². The Morgan fingerprint density at radius 2 is 0.862 bits per heavy atom. The van der Waals surface area contributed by atoms with Gasteiger partial charge in [0.25, 0.3) is 0 Å². The van der Waals surface area contributed by atoms with Gasteiger partial charge in [-0.25, -0.2) is 0 Å². The van der Waals surface area contributed by atoms with Crippen molar-refractivity contribution in [3.63, 3.8) is 0 Å². The van der Waals surface area contributed by atoms with E-state index in [0.29, 0.717) is 0 Å². The lowest BCUT2D eigenvalue weighted by Crippen LogP contribution is -2.07. The number of fused-ring (bicyclic) bond motifs is 2. The molecule has 29 heavy (non-hydrogen) atoms. The van der Waals surface area contributed by atoms with E-state index in [0.717, 1.165) is 21.2 Å². The van der Waals surface area contributed by atoms with Crippen LogP contribution in [0.5, 0.6) is 0 Å². The van der Waals surface area contributed by atoms with E-state index in [9.17, 15) is 0 Å². The summed E-state index contributed by atoms with van der Waals surface area (Å²) >= 11 is 13.5. The molecule has 1 aliphatic rings. The van der Waals surface area contributed by atoms with Crippen LogP contribution >= 0.6 is 33.2 Å². The van der Waals surface area contributed by atoms with E-state index in [4.69, 9.17) is 23.2 Å². The molecular weight excluding hydrogens is 415 g/mol. The van der Waals surface area contributed by atoms with Crippen molar-refractivity contribution in [3.8, 4) is 0 Å². The molecular formula is C26H18Cl2S. The van der Waals surface area contributed by atoms with Crippen molar-refractivity contribution in [2.75, 3.05) is 0 Å². The van der Waals surface area contributed by atoms with Crippen LogP contribution < -0.4 is 0 Å². The third-order valence-electron chi connectivity index (χ3n) is 5.30. The number of halogens is 2. The third kappa shape index (κ3) is 2.85. The lowest BCUT2D eigenvalue weighted by atomic mass is 10.1. The van der Waals surface area contributed by atoms with Gasteiger partial charge in [0.2, 0.25) is 0 Å². The molecule has 0 unspecified atom stereocenters. The molecule has 0 bridgehead atoms. The van der Waals surface area contributed by atoms with Crippen LogP contribution in [0, 0.1) is 0 Å². The highest BCUT2D eigenvalue weighted by molar-refractivity contribution is 8.34. The summed E-state index contributed by atoms with van der Waals surface area (Å²) in [7, 11) is -1.79. The topological polar surface area (TPSA) is 0 Å². The van der Waals surface area contributed by atoms with Gasteiger partial charge < -0.3 is 0 Å². The smallest absolute Gasteiger partial charge is 0.0489 e. The number of benzene rings is 4. The minimum absolute atomic E-state index is 0.756. The molecule has 0 saturated carbocycles. The first-order chi connectivity index (χ1) is 14.2. The Bertz CT molecular complexity index is 1120. The Morgan fingerprint density at radius 3 is 1.28 bits per heavy atom. The summed E-state index contributed by atoms with van der Waals surface area (Å²) in [4.78, 5) is 5.00. The summed E-state index contributed by atoms with van der Waals surface area (Å²) < 4.78 is 0. The second kappa shape index (κ2) is 7.42. The van der Waals surface area contributed by atoms with Crippen LogP contribution in [0.2, 0.25) is 10.0 Å². The summed E-state index contributed by atoms with van der Waals surface area (Å²) in [6.07, 6.45) is 4.23. The molecule has 0 atom stereocenters. The molecule has 0 amide bonds. The van der Waals surface area contributed by atoms with Crippen molar-refractivity contribution >= 4 is 45.4 Å². The van der Waals surface area contributed by atoms with Gasteiger partial charge in [0.05, 0.1) is 0 Å². The fraction of sp³-hybridized carbons (Fsp3) is 0. The molecule has 0 spiro atoms. The molecule has 0 radical (unpaired) electrons. The lowest BCUT2D eigenvalue weighted by molar-refractivity contribution is 1.23. The summed E-state index contributed by atoms with van der Waals surface area (Å²) in [5, 5.41) is 1.51. The predicted molar refractivity (Wildman–Crippen MR) is 125 cm³/mol. The van der Waals surface area contributed by atoms with Crippen molar-refractivity contribution < 1.29 is 0 Å². The normalized spacial score (nSPS) is 15.1. The Kier molecular flexibility index (Phi) is 4.75. The molecule has 4 aromatic carbocycles. The van der Waals surface area contributed by atoms with E-state index in [2.05, 4.69) is 97.1 Å². The van der Waals surface area contributed by atoms with Crippen molar-refractivity contribution in [2.45, 2.75) is 19.6 Å². The van der Waals surface area contributed by atoms with E-state index < -0.39 is 10.0 Å². The van der Waals surface area contributed by atoms with Gasteiger partial charge in [-0.2, -0.15) is 0 Å². The van der Waals surface area contributed by atoms with E-state index in [-0.39, 0.29) is 0 Å². The van der Waals surface area contributed by atoms with E-state index in [1.54, 1.807) is 0 Å². The predicted octanol–water partition coefficient (Wildman–Crippen LogP) is 8.82. The molecule has 0 saturated heterocycles. The number of hydrogen-bond acceptors (Lipinski definition) is 0. The van der Waals surface area contributed by atoms with Crippen LogP contribution in [0.1, 0.15) is 11.1 Å². The number of rotatable bonds is 2. The highest BCUT2D eigenvalue weighted by atomic mass is 35.5. The van der Waals surface area contributed by atoms with Crippen LogP contribution in [-0.2, 0) is 0 Å². The molecule has 4 aromatic rings. The van der Waals surface area contributed by atoms with Gasteiger partial charge in [-0.3, -0.25) is 0 Å². The fourth-order valence-electron chi connectivity index (χ4n) is 4.07. The first kappa shape index (κ1) is 18.6. The Morgan fingerprint density at radius 1 is 0.448 bits per heavy atom. The van der Waals surface area contributed by atoms with E-state index in [1.807, 2.05) is 12.1 Å². The SMILES string of the molecule is Clc1cccc2c1C=Cc1c(Cl)cccc1S2(c1ccccc1)c1ccccc1. The molecule has 142 valence electrons. The Balaban J connectivity index is 2.04. The maximum Gasteiger partial charge on any atom is 0.0489 e. The van der Waals surface area contributed by atoms with Crippen LogP contribution in [-0.4, -0.2) is 0 Å². The standard InChI is InChI=1S/C26H18Cl2S/c27-23-13-7-15-25-21(23)17-18-22-24(28)14-8-16-26(22)29(25,19-9-3-1-4-10-19)20-11-5-2-6-12-20/h1-18H. The summed E-state index contributed by atoms with van der Waals surface area (Å²) in [5.41, 5.74) is 2.12. The van der Waals surface area contributed by atoms with Gasteiger partial charge in [-0.05, 0) is 48.5 Å². The first-order valence-corrected chi connectivity index (χ1v) is 11.8. The van der Waals surface area contributed by atoms with E-state index >= 15 is 0 Å². The molecule has 1 aliphatic heterocycles. The number of hydrogen-bond donors (Lipinski definition) is 0. The molecule has 3 heteroatoms. The quantitative estimate of drug-likeness (QED) is 0.261. The third-order valence-corrected chi connectivity index (χ3v) is 9.94. The average molecular weight is 433 g/mol. The zero-order valence-electron chi connectivity index (χ0n) is 15.6. The molecule has 5 rings (SSSR count). The van der Waals surface area contributed by atoms with Gasteiger partial charge in [0.1, 0.15) is 0 Å². The van der Waals surface area contributed by atoms with Crippen molar-refractivity contribution in [3.05, 3.63) is 118 Å². The van der Waals surface area contributed by atoms with Crippen LogP contribution in [0.25, 0.3) is 12.2 Å². The molecule has 0 nitrogen and oxygen atoms in total. The second-order valence-electron chi connectivity index (χ2n) is 6.88. The van der Waals surface area contributed by atoms with Gasteiger partial charge in [0.15, 0.2) is 0 Å². The van der Waals surface area contributed by atoms with Crippen LogP contribution in [0.3, 0.4) is 0 Å². The highest BCUT2D eigenvalue weighted by Crippen LogP contribution is 2.76. The first-order valence-electron chi connectivity index (χ1n) is 9.41. The van der Waals surface area contributed by atoms with Gasteiger partial charge in [-0.15, -0.1) is 10.0 Å². The zero-order valence-corrected chi connectivity index (χ0v) is 17.9. The van der Waals surface area contributed by atoms with Crippen molar-refractivity contribution in [1.82, 2.24) is 0 Å². The monoisotopic (exact) mass is 432 g/mol. The Hall–Kier alpha value is -2.45. The lowest BCUT2D eigenvalue weighted by Gasteiger charge is -2.43. The fourth-order valence-corrected chi connectivity index (χ4v) is 8.89. The zero-order chi connectivity index (χ0) is 19.8. The minimum Gasteiger partial charge on any atom is -0.132 e. The summed E-state index contributed by atoms with van der Waals surface area (Å²) in [6.45, 7) is 0. The maximum absolute atomic E-state index is 6.73. The maximum atomic E-state index is 6.73. The largest absolute Gasteiger partial charge is 0.132 e. The van der Waals surface area contributed by atoms with Gasteiger partial charge in [0, 0.05) is 40.8 Å². The van der Waals surface area contributed by atoms with Gasteiger partial charge >= 0.3 is 0 Å². The van der Waals surface area contributed by atoms with Crippen LogP contribution in [0.15, 0.2) is 117 Å². The van der Waals surface area contributed by atoms with E-state index in [1.165, 1.54) is 19.6 Å². The molecule has 0 fully saturated rings. The molecule has 0 N–H and O–H groups in total. The highest BCUT2D eigenvalue weighted by Gasteiger charge is 2.38.